The quantitative estimate of drug-likeness (QED) is 0.879. The number of benzene rings is 2. The summed E-state index contributed by atoms with van der Waals surface area (Å²) >= 11 is 0. The minimum Gasteiger partial charge on any atom is -0.482 e. The first-order valence-electron chi connectivity index (χ1n) is 6.52. The molecule has 0 spiro atoms. The van der Waals surface area contributed by atoms with E-state index in [9.17, 15) is 4.79 Å². The Morgan fingerprint density at radius 2 is 2.00 bits per heavy atom. The molecule has 102 valence electrons. The number of ether oxygens (including phenoxy) is 1. The lowest BCUT2D eigenvalue weighted by Crippen LogP contribution is -2.25. The lowest BCUT2D eigenvalue weighted by atomic mass is 9.97. The number of amides is 1. The van der Waals surface area contributed by atoms with Gasteiger partial charge in [0.15, 0.2) is 6.61 Å². The normalized spacial score (nSPS) is 15.0. The maximum Gasteiger partial charge on any atom is 0.262 e. The van der Waals surface area contributed by atoms with Gasteiger partial charge < -0.3 is 15.8 Å². The molecule has 0 bridgehead atoms. The van der Waals surface area contributed by atoms with Crippen LogP contribution in [0.15, 0.2) is 42.5 Å². The van der Waals surface area contributed by atoms with Gasteiger partial charge in [-0.1, -0.05) is 35.9 Å². The maximum atomic E-state index is 11.4. The molecule has 0 aromatic heterocycles. The lowest BCUT2D eigenvalue weighted by molar-refractivity contribution is -0.118. The number of rotatable bonds is 2. The van der Waals surface area contributed by atoms with Crippen molar-refractivity contribution in [2.45, 2.75) is 13.0 Å². The molecule has 1 atom stereocenters. The zero-order valence-electron chi connectivity index (χ0n) is 11.2. The summed E-state index contributed by atoms with van der Waals surface area (Å²) in [5.74, 6) is 0.545. The van der Waals surface area contributed by atoms with Crippen molar-refractivity contribution >= 4 is 11.6 Å². The number of carbonyl (C=O) groups is 1. The van der Waals surface area contributed by atoms with Gasteiger partial charge in [-0.05, 0) is 30.2 Å². The van der Waals surface area contributed by atoms with Crippen molar-refractivity contribution in [1.29, 1.82) is 0 Å². The molecule has 0 saturated carbocycles. The molecule has 4 nitrogen and oxygen atoms in total. The molecule has 2 aromatic rings. The highest BCUT2D eigenvalue weighted by Crippen LogP contribution is 2.31. The predicted molar refractivity (Wildman–Crippen MR) is 77.8 cm³/mol. The Hall–Kier alpha value is -2.33. The highest BCUT2D eigenvalue weighted by Gasteiger charge is 2.18. The molecule has 20 heavy (non-hydrogen) atoms. The van der Waals surface area contributed by atoms with Gasteiger partial charge in [0.1, 0.15) is 5.75 Å². The monoisotopic (exact) mass is 268 g/mol. The van der Waals surface area contributed by atoms with E-state index in [2.05, 4.69) is 11.4 Å². The second-order valence-corrected chi connectivity index (χ2v) is 4.98. The third kappa shape index (κ3) is 2.38. The minimum absolute atomic E-state index is 0.0658. The molecule has 1 heterocycles. The van der Waals surface area contributed by atoms with Gasteiger partial charge in [0.05, 0.1) is 11.7 Å². The van der Waals surface area contributed by atoms with Gasteiger partial charge in [-0.3, -0.25) is 4.79 Å². The Morgan fingerprint density at radius 3 is 2.80 bits per heavy atom. The second kappa shape index (κ2) is 4.98. The number of hydrogen-bond acceptors (Lipinski definition) is 3. The van der Waals surface area contributed by atoms with E-state index in [0.29, 0.717) is 11.4 Å². The van der Waals surface area contributed by atoms with Crippen molar-refractivity contribution in [3.8, 4) is 5.75 Å². The van der Waals surface area contributed by atoms with Gasteiger partial charge in [-0.2, -0.15) is 0 Å². The summed E-state index contributed by atoms with van der Waals surface area (Å²) in [7, 11) is 0. The molecule has 2 aromatic carbocycles. The molecular weight excluding hydrogens is 252 g/mol. The molecule has 1 unspecified atom stereocenters. The fourth-order valence-electron chi connectivity index (χ4n) is 2.35. The Morgan fingerprint density at radius 1 is 1.20 bits per heavy atom. The van der Waals surface area contributed by atoms with Gasteiger partial charge in [0.25, 0.3) is 5.91 Å². The van der Waals surface area contributed by atoms with Gasteiger partial charge in [-0.25, -0.2) is 0 Å². The third-order valence-corrected chi connectivity index (χ3v) is 3.40. The highest BCUT2D eigenvalue weighted by molar-refractivity contribution is 5.95. The van der Waals surface area contributed by atoms with Crippen LogP contribution in [0.2, 0.25) is 0 Å². The molecule has 3 rings (SSSR count). The molecular formula is C16H16N2O2. The largest absolute Gasteiger partial charge is 0.482 e. The average molecular weight is 268 g/mol. The standard InChI is InChI=1S/C16H16N2O2/c1-10-3-2-4-11(7-10)16(17)12-5-6-14-13(8-12)18-15(19)9-20-14/h2-8,16H,9,17H2,1H3,(H,18,19). The fourth-order valence-corrected chi connectivity index (χ4v) is 2.35. The first-order valence-corrected chi connectivity index (χ1v) is 6.52. The van der Waals surface area contributed by atoms with E-state index in [4.69, 9.17) is 10.5 Å². The topological polar surface area (TPSA) is 64.3 Å². The van der Waals surface area contributed by atoms with Crippen LogP contribution in [0.5, 0.6) is 5.75 Å². The van der Waals surface area contributed by atoms with Crippen LogP contribution in [-0.4, -0.2) is 12.5 Å². The summed E-state index contributed by atoms with van der Waals surface area (Å²) < 4.78 is 5.34. The molecule has 4 heteroatoms. The van der Waals surface area contributed by atoms with E-state index in [1.807, 2.05) is 43.3 Å². The van der Waals surface area contributed by atoms with Gasteiger partial charge >= 0.3 is 0 Å². The van der Waals surface area contributed by atoms with Crippen LogP contribution in [0.25, 0.3) is 0 Å². The number of fused-ring (bicyclic) bond motifs is 1. The summed E-state index contributed by atoms with van der Waals surface area (Å²) in [6, 6.07) is 13.5. The minimum atomic E-state index is -0.223. The number of carbonyl (C=O) groups excluding carboxylic acids is 1. The predicted octanol–water partition coefficient (Wildman–Crippen LogP) is 2.37. The van der Waals surface area contributed by atoms with E-state index in [0.717, 1.165) is 11.1 Å². The van der Waals surface area contributed by atoms with Crippen molar-refractivity contribution in [2.24, 2.45) is 5.73 Å². The molecule has 1 aliphatic heterocycles. The second-order valence-electron chi connectivity index (χ2n) is 4.98. The number of anilines is 1. The van der Waals surface area contributed by atoms with E-state index in [1.165, 1.54) is 5.56 Å². The smallest absolute Gasteiger partial charge is 0.262 e. The van der Waals surface area contributed by atoms with Crippen molar-refractivity contribution in [1.82, 2.24) is 0 Å². The van der Waals surface area contributed by atoms with Gasteiger partial charge in [0.2, 0.25) is 0 Å². The third-order valence-electron chi connectivity index (χ3n) is 3.40. The zero-order valence-corrected chi connectivity index (χ0v) is 11.2. The Labute approximate surface area is 117 Å². The number of nitrogens with two attached hydrogens (primary N) is 1. The Balaban J connectivity index is 1.94. The van der Waals surface area contributed by atoms with Crippen molar-refractivity contribution < 1.29 is 9.53 Å². The first kappa shape index (κ1) is 12.7. The van der Waals surface area contributed by atoms with E-state index >= 15 is 0 Å². The van der Waals surface area contributed by atoms with Gasteiger partial charge in [0, 0.05) is 0 Å². The van der Waals surface area contributed by atoms with Crippen LogP contribution >= 0.6 is 0 Å². The van der Waals surface area contributed by atoms with E-state index in [-0.39, 0.29) is 18.6 Å². The number of hydrogen-bond donors (Lipinski definition) is 2. The fraction of sp³-hybridized carbons (Fsp3) is 0.188. The molecule has 0 aliphatic carbocycles. The van der Waals surface area contributed by atoms with Gasteiger partial charge in [-0.15, -0.1) is 0 Å². The summed E-state index contributed by atoms with van der Waals surface area (Å²) in [4.78, 5) is 11.4. The van der Waals surface area contributed by atoms with Crippen molar-refractivity contribution in [3.05, 3.63) is 59.2 Å². The van der Waals surface area contributed by atoms with Crippen LogP contribution in [0.4, 0.5) is 5.69 Å². The summed E-state index contributed by atoms with van der Waals surface area (Å²) in [5, 5.41) is 2.80. The molecule has 1 aliphatic rings. The van der Waals surface area contributed by atoms with Crippen LogP contribution in [0.3, 0.4) is 0 Å². The number of nitrogens with one attached hydrogen (secondary N) is 1. The zero-order chi connectivity index (χ0) is 14.1. The molecule has 0 fully saturated rings. The summed E-state index contributed by atoms with van der Waals surface area (Å²) in [6.07, 6.45) is 0. The average Bonchev–Trinajstić information content (AvgIpc) is 2.45. The maximum absolute atomic E-state index is 11.4. The Bertz CT molecular complexity index is 667. The van der Waals surface area contributed by atoms with Crippen LogP contribution in [0, 0.1) is 6.92 Å². The molecule has 0 saturated heterocycles. The summed E-state index contributed by atoms with van der Waals surface area (Å²) in [6.45, 7) is 2.10. The highest BCUT2D eigenvalue weighted by atomic mass is 16.5. The van der Waals surface area contributed by atoms with Crippen molar-refractivity contribution in [2.75, 3.05) is 11.9 Å². The number of aryl methyl sites for hydroxylation is 1. The SMILES string of the molecule is Cc1cccc(C(N)c2ccc3c(c2)NC(=O)CO3)c1. The lowest BCUT2D eigenvalue weighted by Gasteiger charge is -2.20. The molecule has 1 amide bonds. The Kier molecular flexibility index (Phi) is 3.16. The van der Waals surface area contributed by atoms with Crippen LogP contribution < -0.4 is 15.8 Å². The first-order chi connectivity index (χ1) is 9.63. The van der Waals surface area contributed by atoms with Crippen LogP contribution in [0.1, 0.15) is 22.7 Å². The van der Waals surface area contributed by atoms with E-state index in [1.54, 1.807) is 0 Å². The van der Waals surface area contributed by atoms with Crippen LogP contribution in [-0.2, 0) is 4.79 Å². The summed E-state index contributed by atoms with van der Waals surface area (Å²) in [5.41, 5.74) is 10.1. The van der Waals surface area contributed by atoms with E-state index < -0.39 is 0 Å². The molecule has 0 radical (unpaired) electrons. The molecule has 3 N–H and O–H groups in total. The van der Waals surface area contributed by atoms with Crippen molar-refractivity contribution in [3.63, 3.8) is 0 Å².